The molecule has 8 nitrogen and oxygen atoms in total. The predicted molar refractivity (Wildman–Crippen MR) is 123 cm³/mol. The molecule has 0 unspecified atom stereocenters. The van der Waals surface area contributed by atoms with Gasteiger partial charge in [-0.25, -0.2) is 9.97 Å². The van der Waals surface area contributed by atoms with Crippen molar-refractivity contribution in [3.8, 4) is 11.1 Å². The van der Waals surface area contributed by atoms with Crippen LogP contribution >= 0.6 is 0 Å². The Labute approximate surface area is 188 Å². The molecule has 4 heterocycles. The van der Waals surface area contributed by atoms with Gasteiger partial charge in [0.1, 0.15) is 0 Å². The number of amides is 1. The number of carbonyl (C=O) groups is 1. The first kappa shape index (κ1) is 21.0. The maximum Gasteiger partial charge on any atom is 0.230 e. The van der Waals surface area contributed by atoms with E-state index in [4.69, 9.17) is 4.74 Å². The molecule has 1 N–H and O–H groups in total. The van der Waals surface area contributed by atoms with Crippen LogP contribution in [-0.4, -0.2) is 56.9 Å². The molecular weight excluding hydrogens is 404 g/mol. The number of carbonyl (C=O) groups excluding carboxylic acids is 1. The number of aryl methyl sites for hydroxylation is 1. The largest absolute Gasteiger partial charge is 0.381 e. The van der Waals surface area contributed by atoms with Gasteiger partial charge in [-0.2, -0.15) is 5.10 Å². The fourth-order valence-electron chi connectivity index (χ4n) is 4.64. The number of rotatable bonds is 5. The van der Waals surface area contributed by atoms with Crippen LogP contribution in [0.5, 0.6) is 0 Å². The molecule has 168 valence electrons. The van der Waals surface area contributed by atoms with Crippen molar-refractivity contribution in [2.24, 2.45) is 13.0 Å². The molecule has 5 rings (SSSR count). The van der Waals surface area contributed by atoms with Gasteiger partial charge in [0.2, 0.25) is 11.9 Å². The van der Waals surface area contributed by atoms with Crippen molar-refractivity contribution in [3.63, 3.8) is 0 Å². The van der Waals surface area contributed by atoms with Crippen molar-refractivity contribution >= 4 is 22.8 Å². The number of nitrogens with one attached hydrogen (secondary N) is 1. The molecule has 2 aromatic heterocycles. The molecule has 2 fully saturated rings. The van der Waals surface area contributed by atoms with E-state index in [1.54, 1.807) is 6.20 Å². The molecule has 1 amide bonds. The van der Waals surface area contributed by atoms with Crippen LogP contribution in [0, 0.1) is 5.92 Å². The van der Waals surface area contributed by atoms with Crippen LogP contribution < -0.4 is 5.32 Å². The van der Waals surface area contributed by atoms with Gasteiger partial charge in [-0.3, -0.25) is 19.7 Å². The monoisotopic (exact) mass is 434 g/mol. The Hall–Kier alpha value is -2.84. The van der Waals surface area contributed by atoms with Gasteiger partial charge < -0.3 is 4.74 Å². The van der Waals surface area contributed by atoms with E-state index >= 15 is 0 Å². The Morgan fingerprint density at radius 2 is 1.97 bits per heavy atom. The van der Waals surface area contributed by atoms with Gasteiger partial charge in [0.15, 0.2) is 0 Å². The first-order chi connectivity index (χ1) is 15.7. The average molecular weight is 435 g/mol. The molecule has 0 bridgehead atoms. The second-order valence-corrected chi connectivity index (χ2v) is 8.81. The van der Waals surface area contributed by atoms with Crippen molar-refractivity contribution in [1.29, 1.82) is 0 Å². The van der Waals surface area contributed by atoms with Crippen molar-refractivity contribution in [3.05, 3.63) is 36.3 Å². The van der Waals surface area contributed by atoms with Crippen molar-refractivity contribution in [2.75, 3.05) is 31.6 Å². The van der Waals surface area contributed by atoms with E-state index < -0.39 is 0 Å². The normalized spacial score (nSPS) is 18.2. The summed E-state index contributed by atoms with van der Waals surface area (Å²) in [6.45, 7) is 4.45. The van der Waals surface area contributed by atoms with Crippen LogP contribution in [-0.2, 0) is 23.1 Å². The summed E-state index contributed by atoms with van der Waals surface area (Å²) in [4.78, 5) is 24.1. The number of fused-ring (bicyclic) bond motifs is 1. The fourth-order valence-corrected chi connectivity index (χ4v) is 4.64. The quantitative estimate of drug-likeness (QED) is 0.663. The van der Waals surface area contributed by atoms with E-state index in [1.165, 1.54) is 25.0 Å². The molecule has 2 saturated heterocycles. The summed E-state index contributed by atoms with van der Waals surface area (Å²) < 4.78 is 7.33. The third-order valence-corrected chi connectivity index (χ3v) is 6.60. The lowest BCUT2D eigenvalue weighted by atomic mass is 10.00. The summed E-state index contributed by atoms with van der Waals surface area (Å²) in [5, 5.41) is 8.37. The van der Waals surface area contributed by atoms with Crippen LogP contribution in [0.4, 0.5) is 5.95 Å². The van der Waals surface area contributed by atoms with E-state index in [-0.39, 0.29) is 11.8 Å². The number of likely N-dealkylation sites (tertiary alicyclic amines) is 1. The predicted octanol–water partition coefficient (Wildman–Crippen LogP) is 3.38. The molecule has 3 aromatic rings. The van der Waals surface area contributed by atoms with Crippen LogP contribution in [0.2, 0.25) is 0 Å². The summed E-state index contributed by atoms with van der Waals surface area (Å²) >= 11 is 0. The maximum absolute atomic E-state index is 12.6. The lowest BCUT2D eigenvalue weighted by Gasteiger charge is -2.26. The Bertz CT molecular complexity index is 1100. The number of anilines is 1. The van der Waals surface area contributed by atoms with Crippen molar-refractivity contribution in [1.82, 2.24) is 24.6 Å². The Morgan fingerprint density at radius 1 is 1.16 bits per heavy atom. The first-order valence-electron chi connectivity index (χ1n) is 11.6. The van der Waals surface area contributed by atoms with E-state index in [9.17, 15) is 4.79 Å². The average Bonchev–Trinajstić information content (AvgIpc) is 3.19. The summed E-state index contributed by atoms with van der Waals surface area (Å²) in [5.74, 6) is 0.285. The molecule has 0 radical (unpaired) electrons. The number of hydrogen-bond acceptors (Lipinski definition) is 6. The Kier molecular flexibility index (Phi) is 6.14. The lowest BCUT2D eigenvalue weighted by Crippen LogP contribution is -2.30. The van der Waals surface area contributed by atoms with Gasteiger partial charge >= 0.3 is 0 Å². The molecule has 1 aromatic carbocycles. The van der Waals surface area contributed by atoms with Crippen LogP contribution in [0.15, 0.2) is 30.6 Å². The topological polar surface area (TPSA) is 85.2 Å². The molecule has 32 heavy (non-hydrogen) atoms. The summed E-state index contributed by atoms with van der Waals surface area (Å²) in [5.41, 5.74) is 4.24. The Balaban J connectivity index is 1.39. The molecule has 0 saturated carbocycles. The zero-order valence-corrected chi connectivity index (χ0v) is 18.6. The number of piperidine rings is 1. The smallest absolute Gasteiger partial charge is 0.230 e. The number of nitrogens with zero attached hydrogens (tertiary/aromatic N) is 5. The second-order valence-electron chi connectivity index (χ2n) is 8.81. The second kappa shape index (κ2) is 9.34. The summed E-state index contributed by atoms with van der Waals surface area (Å²) in [7, 11) is 2.01. The van der Waals surface area contributed by atoms with Gasteiger partial charge in [0.05, 0.1) is 17.4 Å². The number of hydrogen-bond donors (Lipinski definition) is 1. The van der Waals surface area contributed by atoms with Gasteiger partial charge in [-0.15, -0.1) is 0 Å². The first-order valence-corrected chi connectivity index (χ1v) is 11.6. The molecule has 0 spiro atoms. The third-order valence-electron chi connectivity index (χ3n) is 6.60. The van der Waals surface area contributed by atoms with E-state index in [0.717, 1.165) is 54.5 Å². The van der Waals surface area contributed by atoms with E-state index in [0.29, 0.717) is 19.2 Å². The van der Waals surface area contributed by atoms with Crippen molar-refractivity contribution in [2.45, 2.75) is 38.6 Å². The summed E-state index contributed by atoms with van der Waals surface area (Å²) in [6.07, 6.45) is 9.05. The third kappa shape index (κ3) is 4.52. The van der Waals surface area contributed by atoms with Gasteiger partial charge in [-0.1, -0.05) is 18.6 Å². The molecule has 0 aliphatic carbocycles. The highest BCUT2D eigenvalue weighted by Gasteiger charge is 2.22. The highest BCUT2D eigenvalue weighted by molar-refractivity contribution is 5.92. The Morgan fingerprint density at radius 3 is 2.78 bits per heavy atom. The van der Waals surface area contributed by atoms with E-state index in [1.807, 2.05) is 24.0 Å². The van der Waals surface area contributed by atoms with Gasteiger partial charge in [-0.05, 0) is 50.4 Å². The number of ether oxygens (including phenoxy) is 1. The number of aromatic nitrogens is 4. The van der Waals surface area contributed by atoms with Gasteiger partial charge in [0.25, 0.3) is 0 Å². The van der Waals surface area contributed by atoms with Gasteiger partial charge in [0, 0.05) is 49.9 Å². The standard InChI is InChI=1S/C24H30N6O2/c1-29-22(16-30-9-3-2-4-10-30)20(15-26-29)18-5-6-19-14-25-24(27-21(19)13-18)28-23(31)17-7-11-32-12-8-17/h5-6,13-15,17H,2-4,7-12,16H2,1H3,(H,25,27,28,31). The van der Waals surface area contributed by atoms with Crippen LogP contribution in [0.1, 0.15) is 37.8 Å². The highest BCUT2D eigenvalue weighted by atomic mass is 16.5. The minimum absolute atomic E-state index is 0.0279. The number of benzene rings is 1. The van der Waals surface area contributed by atoms with Crippen LogP contribution in [0.3, 0.4) is 0 Å². The zero-order valence-electron chi connectivity index (χ0n) is 18.6. The van der Waals surface area contributed by atoms with E-state index in [2.05, 4.69) is 37.4 Å². The highest BCUT2D eigenvalue weighted by Crippen LogP contribution is 2.28. The fraction of sp³-hybridized carbons (Fsp3) is 0.500. The summed E-state index contributed by atoms with van der Waals surface area (Å²) in [6, 6.07) is 6.20. The molecule has 8 heteroatoms. The minimum atomic E-state index is -0.0397. The molecule has 2 aliphatic rings. The maximum atomic E-state index is 12.6. The van der Waals surface area contributed by atoms with Crippen molar-refractivity contribution < 1.29 is 9.53 Å². The SMILES string of the molecule is Cn1ncc(-c2ccc3cnc(NC(=O)C4CCOCC4)nc3c2)c1CN1CCCCC1. The molecule has 0 atom stereocenters. The minimum Gasteiger partial charge on any atom is -0.381 e. The van der Waals surface area contributed by atoms with Crippen LogP contribution in [0.25, 0.3) is 22.0 Å². The zero-order chi connectivity index (χ0) is 21.9. The molecular formula is C24H30N6O2. The molecule has 2 aliphatic heterocycles. The lowest BCUT2D eigenvalue weighted by molar-refractivity contribution is -0.122.